The Kier molecular flexibility index (Phi) is 8.30. The molecule has 0 aliphatic carbocycles. The molecule has 1 unspecified atom stereocenters. The Hall–Kier alpha value is -0.420. The van der Waals surface area contributed by atoms with Gasteiger partial charge in [-0.05, 0) is 32.1 Å². The third-order valence-corrected chi connectivity index (χ3v) is 4.62. The van der Waals surface area contributed by atoms with Crippen molar-refractivity contribution >= 4 is 17.7 Å². The molecule has 1 saturated heterocycles. The number of nitrogens with one attached hydrogen (secondary N) is 2. The molecule has 0 saturated carbocycles. The van der Waals surface area contributed by atoms with E-state index in [1.807, 2.05) is 18.8 Å². The first-order valence-corrected chi connectivity index (χ1v) is 8.70. The smallest absolute Gasteiger partial charge is 0.191 e. The van der Waals surface area contributed by atoms with Crippen molar-refractivity contribution in [1.82, 2.24) is 15.5 Å². The van der Waals surface area contributed by atoms with Crippen LogP contribution in [-0.4, -0.2) is 61.6 Å². The van der Waals surface area contributed by atoms with E-state index in [9.17, 15) is 0 Å². The molecule has 0 bridgehead atoms. The molecule has 0 radical (unpaired) electrons. The van der Waals surface area contributed by atoms with Gasteiger partial charge < -0.3 is 15.5 Å². The van der Waals surface area contributed by atoms with Crippen molar-refractivity contribution in [3.63, 3.8) is 0 Å². The quantitative estimate of drug-likeness (QED) is 0.577. The number of likely N-dealkylation sites (tertiary alicyclic amines) is 1. The van der Waals surface area contributed by atoms with E-state index < -0.39 is 0 Å². The minimum atomic E-state index is 0.573. The zero-order chi connectivity index (χ0) is 14.1. The van der Waals surface area contributed by atoms with Gasteiger partial charge in [0, 0.05) is 38.0 Å². The van der Waals surface area contributed by atoms with Crippen LogP contribution in [-0.2, 0) is 0 Å². The van der Waals surface area contributed by atoms with Crippen molar-refractivity contribution in [2.45, 2.75) is 44.4 Å². The maximum Gasteiger partial charge on any atom is 0.191 e. The predicted molar refractivity (Wildman–Crippen MR) is 87.2 cm³/mol. The molecule has 0 aromatic heterocycles. The Morgan fingerprint density at radius 2 is 2.11 bits per heavy atom. The van der Waals surface area contributed by atoms with Crippen molar-refractivity contribution < 1.29 is 0 Å². The summed E-state index contributed by atoms with van der Waals surface area (Å²) in [5.74, 6) is 0.954. The number of hydrogen-bond donors (Lipinski definition) is 2. The highest BCUT2D eigenvalue weighted by Crippen LogP contribution is 2.10. The lowest BCUT2D eigenvalue weighted by Gasteiger charge is -2.33. The number of thioether (sulfide) groups is 1. The Morgan fingerprint density at radius 3 is 2.63 bits per heavy atom. The summed E-state index contributed by atoms with van der Waals surface area (Å²) < 4.78 is 0. The van der Waals surface area contributed by atoms with Crippen LogP contribution in [0.25, 0.3) is 0 Å². The summed E-state index contributed by atoms with van der Waals surface area (Å²) in [6, 6.07) is 0.573. The predicted octanol–water partition coefficient (Wildman–Crippen LogP) is 1.78. The lowest BCUT2D eigenvalue weighted by atomic mass is 10.1. The van der Waals surface area contributed by atoms with Crippen LogP contribution in [0.15, 0.2) is 4.99 Å². The molecule has 1 rings (SSSR count). The van der Waals surface area contributed by atoms with Gasteiger partial charge in [0.05, 0.1) is 0 Å². The van der Waals surface area contributed by atoms with Crippen LogP contribution in [0.2, 0.25) is 0 Å². The van der Waals surface area contributed by atoms with Gasteiger partial charge in [-0.1, -0.05) is 13.8 Å². The molecule has 0 aromatic rings. The minimum Gasteiger partial charge on any atom is -0.355 e. The lowest BCUT2D eigenvalue weighted by molar-refractivity contribution is 0.206. The number of guanidine groups is 1. The standard InChI is InChI=1S/C14H30N4S/c1-5-8-18-9-6-13(7-10-18)17-14(15-3)16-11-12(2)19-4/h12-13H,5-11H2,1-4H3,(H2,15,16,17). The summed E-state index contributed by atoms with van der Waals surface area (Å²) in [7, 11) is 1.85. The third kappa shape index (κ3) is 6.52. The largest absolute Gasteiger partial charge is 0.355 e. The van der Waals surface area contributed by atoms with Crippen LogP contribution in [0.3, 0.4) is 0 Å². The second-order valence-corrected chi connectivity index (χ2v) is 6.54. The Morgan fingerprint density at radius 1 is 1.42 bits per heavy atom. The fourth-order valence-electron chi connectivity index (χ4n) is 2.33. The first-order valence-electron chi connectivity index (χ1n) is 7.41. The molecule has 1 fully saturated rings. The molecule has 0 amide bonds. The topological polar surface area (TPSA) is 39.7 Å². The molecule has 0 aromatic carbocycles. The highest BCUT2D eigenvalue weighted by Gasteiger charge is 2.19. The second kappa shape index (κ2) is 9.48. The van der Waals surface area contributed by atoms with E-state index in [0.29, 0.717) is 11.3 Å². The first-order chi connectivity index (χ1) is 9.19. The Bertz CT molecular complexity index is 262. The van der Waals surface area contributed by atoms with Gasteiger partial charge >= 0.3 is 0 Å². The number of hydrogen-bond acceptors (Lipinski definition) is 3. The Labute approximate surface area is 122 Å². The highest BCUT2D eigenvalue weighted by molar-refractivity contribution is 7.99. The van der Waals surface area contributed by atoms with E-state index in [1.54, 1.807) is 0 Å². The van der Waals surface area contributed by atoms with Gasteiger partial charge in [-0.25, -0.2) is 0 Å². The van der Waals surface area contributed by atoms with Gasteiger partial charge in [-0.2, -0.15) is 11.8 Å². The van der Waals surface area contributed by atoms with E-state index in [1.165, 1.54) is 38.9 Å². The fourth-order valence-corrected chi connectivity index (χ4v) is 2.58. The van der Waals surface area contributed by atoms with Gasteiger partial charge in [0.2, 0.25) is 0 Å². The van der Waals surface area contributed by atoms with Crippen molar-refractivity contribution in [2.75, 3.05) is 39.5 Å². The van der Waals surface area contributed by atoms with E-state index in [2.05, 4.69) is 40.6 Å². The van der Waals surface area contributed by atoms with E-state index in [4.69, 9.17) is 0 Å². The summed E-state index contributed by atoms with van der Waals surface area (Å²) in [6.45, 7) is 9.12. The zero-order valence-electron chi connectivity index (χ0n) is 12.9. The lowest BCUT2D eigenvalue weighted by Crippen LogP contribution is -2.49. The van der Waals surface area contributed by atoms with Crippen molar-refractivity contribution in [1.29, 1.82) is 0 Å². The van der Waals surface area contributed by atoms with Gasteiger partial charge in [0.25, 0.3) is 0 Å². The second-order valence-electron chi connectivity index (χ2n) is 5.26. The number of nitrogens with zero attached hydrogens (tertiary/aromatic N) is 2. The number of rotatable bonds is 6. The van der Waals surface area contributed by atoms with Crippen LogP contribution < -0.4 is 10.6 Å². The van der Waals surface area contributed by atoms with Crippen molar-refractivity contribution in [3.8, 4) is 0 Å². The molecule has 4 nitrogen and oxygen atoms in total. The van der Waals surface area contributed by atoms with E-state index in [0.717, 1.165) is 12.5 Å². The zero-order valence-corrected chi connectivity index (χ0v) is 13.7. The van der Waals surface area contributed by atoms with Gasteiger partial charge in [0.15, 0.2) is 5.96 Å². The Balaban J connectivity index is 2.26. The molecule has 1 atom stereocenters. The molecule has 5 heteroatoms. The van der Waals surface area contributed by atoms with Crippen LogP contribution in [0.5, 0.6) is 0 Å². The average Bonchev–Trinajstić information content (AvgIpc) is 2.45. The van der Waals surface area contributed by atoms with Gasteiger partial charge in [-0.3, -0.25) is 4.99 Å². The first kappa shape index (κ1) is 16.6. The van der Waals surface area contributed by atoms with Gasteiger partial charge in [0.1, 0.15) is 0 Å². The molecule has 1 aliphatic heterocycles. The molecular weight excluding hydrogens is 256 g/mol. The number of aliphatic imine (C=N–C) groups is 1. The fraction of sp³-hybridized carbons (Fsp3) is 0.929. The van der Waals surface area contributed by atoms with Crippen LogP contribution >= 0.6 is 11.8 Å². The summed E-state index contributed by atoms with van der Waals surface area (Å²) in [6.07, 6.45) is 5.84. The van der Waals surface area contributed by atoms with Crippen molar-refractivity contribution in [3.05, 3.63) is 0 Å². The maximum absolute atomic E-state index is 4.32. The molecule has 19 heavy (non-hydrogen) atoms. The van der Waals surface area contributed by atoms with Crippen LogP contribution in [0, 0.1) is 0 Å². The van der Waals surface area contributed by atoms with Gasteiger partial charge in [-0.15, -0.1) is 0 Å². The molecule has 2 N–H and O–H groups in total. The summed E-state index contributed by atoms with van der Waals surface area (Å²) in [4.78, 5) is 6.88. The third-order valence-electron chi connectivity index (χ3n) is 3.65. The normalized spacial score (nSPS) is 20.3. The summed E-state index contributed by atoms with van der Waals surface area (Å²) in [5, 5.41) is 7.57. The van der Waals surface area contributed by atoms with Crippen LogP contribution in [0.1, 0.15) is 33.1 Å². The van der Waals surface area contributed by atoms with Crippen molar-refractivity contribution in [2.24, 2.45) is 4.99 Å². The molecule has 1 heterocycles. The van der Waals surface area contributed by atoms with E-state index in [-0.39, 0.29) is 0 Å². The SMILES string of the molecule is CCCN1CCC(NC(=NC)NCC(C)SC)CC1. The molecular formula is C14H30N4S. The molecule has 0 spiro atoms. The van der Waals surface area contributed by atoms with E-state index >= 15 is 0 Å². The number of piperidine rings is 1. The summed E-state index contributed by atoms with van der Waals surface area (Å²) in [5.41, 5.74) is 0. The average molecular weight is 286 g/mol. The summed E-state index contributed by atoms with van der Waals surface area (Å²) >= 11 is 1.88. The minimum absolute atomic E-state index is 0.573. The monoisotopic (exact) mass is 286 g/mol. The highest BCUT2D eigenvalue weighted by atomic mass is 32.2. The molecule has 1 aliphatic rings. The molecule has 112 valence electrons. The van der Waals surface area contributed by atoms with Crippen LogP contribution in [0.4, 0.5) is 0 Å². The maximum atomic E-state index is 4.32.